The van der Waals surface area contributed by atoms with Crippen LogP contribution in [0.3, 0.4) is 0 Å². The quantitative estimate of drug-likeness (QED) is 0.644. The van der Waals surface area contributed by atoms with E-state index in [9.17, 15) is 4.79 Å². The molecule has 2 rings (SSSR count). The van der Waals surface area contributed by atoms with Crippen LogP contribution in [0.15, 0.2) is 18.7 Å². The molecule has 0 aromatic carbocycles. The Bertz CT molecular complexity index is 403. The maximum Gasteiger partial charge on any atom is 0.254 e. The highest BCUT2D eigenvalue weighted by molar-refractivity contribution is 6.18. The predicted octanol–water partition coefficient (Wildman–Crippen LogP) is 0.237. The third-order valence-electron chi connectivity index (χ3n) is 1.72. The van der Waals surface area contributed by atoms with Crippen molar-refractivity contribution < 1.29 is 9.53 Å². The van der Waals surface area contributed by atoms with Gasteiger partial charge in [0.05, 0.1) is 23.7 Å². The van der Waals surface area contributed by atoms with E-state index in [1.165, 1.54) is 12.5 Å². The first-order valence-electron chi connectivity index (χ1n) is 3.65. The van der Waals surface area contributed by atoms with Gasteiger partial charge in [-0.25, -0.2) is 0 Å². The number of primary amides is 1. The monoisotopic (exact) mass is 177 g/mol. The Morgan fingerprint density at radius 3 is 3.23 bits per heavy atom. The van der Waals surface area contributed by atoms with Crippen molar-refractivity contribution in [2.24, 2.45) is 5.73 Å². The number of nitrogens with zero attached hydrogens (tertiary/aromatic N) is 1. The van der Waals surface area contributed by atoms with Gasteiger partial charge in [-0.2, -0.15) is 5.10 Å². The van der Waals surface area contributed by atoms with Crippen LogP contribution in [0.5, 0.6) is 0 Å². The second kappa shape index (κ2) is 2.78. The molecule has 0 radical (unpaired) electrons. The summed E-state index contributed by atoms with van der Waals surface area (Å²) < 4.78 is 4.92. The summed E-state index contributed by atoms with van der Waals surface area (Å²) in [7, 11) is 0. The summed E-state index contributed by atoms with van der Waals surface area (Å²) in [6.07, 6.45) is 6.05. The molecule has 1 amide bonds. The highest BCUT2D eigenvalue weighted by Gasteiger charge is 2.15. The molecule has 1 aromatic rings. The number of nitrogens with two attached hydrogens (primary N) is 1. The number of aromatic nitrogens is 2. The van der Waals surface area contributed by atoms with E-state index in [1.54, 1.807) is 12.3 Å². The Hall–Kier alpha value is -2.04. The zero-order valence-corrected chi connectivity index (χ0v) is 6.65. The first-order chi connectivity index (χ1) is 6.29. The Kier molecular flexibility index (Phi) is 1.63. The zero-order chi connectivity index (χ0) is 9.26. The average molecular weight is 177 g/mol. The van der Waals surface area contributed by atoms with E-state index in [0.717, 1.165) is 5.56 Å². The minimum atomic E-state index is -0.547. The van der Waals surface area contributed by atoms with Crippen LogP contribution >= 0.6 is 0 Å². The number of hydrogen-bond donors (Lipinski definition) is 2. The lowest BCUT2D eigenvalue weighted by Gasteiger charge is -1.97. The fraction of sp³-hybridized carbons (Fsp3) is 0. The summed E-state index contributed by atoms with van der Waals surface area (Å²) in [4.78, 5) is 11.0. The summed E-state index contributed by atoms with van der Waals surface area (Å²) >= 11 is 0. The van der Waals surface area contributed by atoms with E-state index < -0.39 is 5.91 Å². The third-order valence-corrected chi connectivity index (χ3v) is 1.72. The Balaban J connectivity index is 2.56. The number of H-pyrrole nitrogens is 1. The number of carbonyl (C=O) groups excluding carboxylic acids is 1. The van der Waals surface area contributed by atoms with Crippen molar-refractivity contribution in [3.8, 4) is 0 Å². The average Bonchev–Trinajstić information content (AvgIpc) is 2.44. The van der Waals surface area contributed by atoms with Crippen molar-refractivity contribution in [2.45, 2.75) is 0 Å². The maximum absolute atomic E-state index is 11.0. The molecular formula is C8H7N3O2. The van der Waals surface area contributed by atoms with Crippen molar-refractivity contribution >= 4 is 17.6 Å². The lowest BCUT2D eigenvalue weighted by atomic mass is 10.1. The molecule has 0 saturated carbocycles. The molecule has 0 unspecified atom stereocenters. The topological polar surface area (TPSA) is 81.0 Å². The lowest BCUT2D eigenvalue weighted by molar-refractivity contribution is -0.112. The van der Waals surface area contributed by atoms with Gasteiger partial charge in [0.15, 0.2) is 0 Å². The molecule has 1 aliphatic rings. The van der Waals surface area contributed by atoms with Crippen molar-refractivity contribution in [2.75, 3.05) is 0 Å². The van der Waals surface area contributed by atoms with Gasteiger partial charge in [0.1, 0.15) is 6.26 Å². The molecule has 66 valence electrons. The van der Waals surface area contributed by atoms with Gasteiger partial charge in [0.2, 0.25) is 0 Å². The fourth-order valence-electron chi connectivity index (χ4n) is 1.10. The van der Waals surface area contributed by atoms with E-state index in [2.05, 4.69) is 10.2 Å². The maximum atomic E-state index is 11.0. The lowest BCUT2D eigenvalue weighted by Crippen LogP contribution is -2.13. The van der Waals surface area contributed by atoms with Crippen LogP contribution in [0.2, 0.25) is 0 Å². The van der Waals surface area contributed by atoms with E-state index in [4.69, 9.17) is 10.5 Å². The van der Waals surface area contributed by atoms with Gasteiger partial charge in [-0.15, -0.1) is 0 Å². The summed E-state index contributed by atoms with van der Waals surface area (Å²) in [5.74, 6) is -0.547. The van der Waals surface area contributed by atoms with Crippen LogP contribution < -0.4 is 5.73 Å². The molecule has 0 bridgehead atoms. The number of carbonyl (C=O) groups is 1. The number of aromatic amines is 1. The number of fused-ring (bicyclic) bond motifs is 1. The molecule has 5 nitrogen and oxygen atoms in total. The molecule has 0 spiro atoms. The molecule has 2 heterocycles. The molecule has 5 heteroatoms. The predicted molar refractivity (Wildman–Crippen MR) is 45.9 cm³/mol. The first kappa shape index (κ1) is 7.60. The van der Waals surface area contributed by atoms with Gasteiger partial charge < -0.3 is 10.5 Å². The van der Waals surface area contributed by atoms with Gasteiger partial charge in [-0.1, -0.05) is 0 Å². The van der Waals surface area contributed by atoms with Crippen LogP contribution in [-0.2, 0) is 9.53 Å². The first-order valence-corrected chi connectivity index (χ1v) is 3.65. The summed E-state index contributed by atoms with van der Waals surface area (Å²) in [5.41, 5.74) is 6.80. The van der Waals surface area contributed by atoms with Gasteiger partial charge in [-0.3, -0.25) is 9.89 Å². The second-order valence-electron chi connectivity index (χ2n) is 2.53. The van der Waals surface area contributed by atoms with Crippen molar-refractivity contribution in [1.82, 2.24) is 10.2 Å². The van der Waals surface area contributed by atoms with E-state index in [1.807, 2.05) is 0 Å². The second-order valence-corrected chi connectivity index (χ2v) is 2.53. The highest BCUT2D eigenvalue weighted by atomic mass is 16.5. The van der Waals surface area contributed by atoms with Crippen LogP contribution in [0, 0.1) is 0 Å². The normalized spacial score (nSPS) is 14.0. The van der Waals surface area contributed by atoms with Crippen LogP contribution in [0.4, 0.5) is 0 Å². The molecule has 0 fully saturated rings. The molecule has 0 saturated heterocycles. The van der Waals surface area contributed by atoms with Crippen LogP contribution in [-0.4, -0.2) is 16.1 Å². The Labute approximate surface area is 73.9 Å². The number of amides is 1. The molecular weight excluding hydrogens is 170 g/mol. The van der Waals surface area contributed by atoms with Gasteiger partial charge in [0, 0.05) is 5.56 Å². The molecule has 0 aliphatic carbocycles. The smallest absolute Gasteiger partial charge is 0.254 e. The largest absolute Gasteiger partial charge is 0.472 e. The van der Waals surface area contributed by atoms with Crippen molar-refractivity contribution in [3.05, 3.63) is 30.0 Å². The van der Waals surface area contributed by atoms with E-state index >= 15 is 0 Å². The molecule has 3 N–H and O–H groups in total. The van der Waals surface area contributed by atoms with Gasteiger partial charge >= 0.3 is 0 Å². The zero-order valence-electron chi connectivity index (χ0n) is 6.65. The Morgan fingerprint density at radius 1 is 1.62 bits per heavy atom. The minimum absolute atomic E-state index is 0.289. The summed E-state index contributed by atoms with van der Waals surface area (Å²) in [6.45, 7) is 0. The van der Waals surface area contributed by atoms with E-state index in [-0.39, 0.29) is 5.57 Å². The molecule has 13 heavy (non-hydrogen) atoms. The van der Waals surface area contributed by atoms with E-state index in [0.29, 0.717) is 5.69 Å². The molecule has 1 aromatic heterocycles. The number of rotatable bonds is 1. The van der Waals surface area contributed by atoms with Gasteiger partial charge in [-0.05, 0) is 6.08 Å². The fourth-order valence-corrected chi connectivity index (χ4v) is 1.10. The SMILES string of the molecule is NC(=O)C1=COC=Cc2cn[nH]c21. The number of hydrogen-bond acceptors (Lipinski definition) is 3. The number of nitrogens with one attached hydrogen (secondary N) is 1. The Morgan fingerprint density at radius 2 is 2.46 bits per heavy atom. The van der Waals surface area contributed by atoms with Gasteiger partial charge in [0.25, 0.3) is 5.91 Å². The summed E-state index contributed by atoms with van der Waals surface area (Å²) in [6, 6.07) is 0. The third kappa shape index (κ3) is 1.20. The number of ether oxygens (including phenoxy) is 1. The summed E-state index contributed by atoms with van der Waals surface area (Å²) in [5, 5.41) is 6.48. The molecule has 0 atom stereocenters. The standard InChI is InChI=1S/C8H7N3O2/c9-8(12)6-4-13-2-1-5-3-10-11-7(5)6/h1-4H,(H2,9,12)(H,10,11). The van der Waals surface area contributed by atoms with Crippen molar-refractivity contribution in [1.29, 1.82) is 0 Å². The molecule has 1 aliphatic heterocycles. The minimum Gasteiger partial charge on any atom is -0.472 e. The van der Waals surface area contributed by atoms with Crippen LogP contribution in [0.25, 0.3) is 11.6 Å². The van der Waals surface area contributed by atoms with Crippen molar-refractivity contribution in [3.63, 3.8) is 0 Å². The highest BCUT2D eigenvalue weighted by Crippen LogP contribution is 2.20. The van der Waals surface area contributed by atoms with Crippen LogP contribution in [0.1, 0.15) is 11.3 Å².